The van der Waals surface area contributed by atoms with Crippen LogP contribution in [0.5, 0.6) is 0 Å². The van der Waals surface area contributed by atoms with Crippen molar-refractivity contribution in [3.05, 3.63) is 0 Å². The first-order valence-electron chi connectivity index (χ1n) is 4.11. The number of carbonyl (C=O) groups is 1. The topological polar surface area (TPSA) is 29.5 Å². The average Bonchev–Trinajstić information content (AvgIpc) is 2.37. The van der Waals surface area contributed by atoms with E-state index in [0.29, 0.717) is 0 Å². The van der Waals surface area contributed by atoms with Gasteiger partial charge in [-0.1, -0.05) is 0 Å². The van der Waals surface area contributed by atoms with Crippen molar-refractivity contribution in [1.29, 1.82) is 0 Å². The Morgan fingerprint density at radius 3 is 2.91 bits per heavy atom. The van der Waals surface area contributed by atoms with Crippen LogP contribution >= 0.6 is 0 Å². The summed E-state index contributed by atoms with van der Waals surface area (Å²) in [6, 6.07) is 0. The lowest BCUT2D eigenvalue weighted by molar-refractivity contribution is -0.128. The first-order valence-corrected chi connectivity index (χ1v) is 4.11. The summed E-state index contributed by atoms with van der Waals surface area (Å²) < 4.78 is 5.39. The molecule has 3 heteroatoms. The number of hydrogen-bond donors (Lipinski definition) is 0. The first-order chi connectivity index (χ1) is 5.24. The van der Waals surface area contributed by atoms with Crippen molar-refractivity contribution >= 4 is 5.91 Å². The predicted molar refractivity (Wildman–Crippen MR) is 42.3 cm³/mol. The zero-order valence-electron chi connectivity index (χ0n) is 7.17. The molecule has 0 spiro atoms. The smallest absolute Gasteiger partial charge is 0.219 e. The van der Waals surface area contributed by atoms with Gasteiger partial charge < -0.3 is 9.64 Å². The van der Waals surface area contributed by atoms with Gasteiger partial charge in [0, 0.05) is 26.6 Å². The molecule has 0 N–H and O–H groups in total. The second kappa shape index (κ2) is 3.72. The molecule has 1 amide bonds. The van der Waals surface area contributed by atoms with Crippen molar-refractivity contribution in [2.24, 2.45) is 0 Å². The van der Waals surface area contributed by atoms with Gasteiger partial charge in [0.2, 0.25) is 5.91 Å². The molecule has 1 atom stereocenters. The van der Waals surface area contributed by atoms with Gasteiger partial charge in [-0.2, -0.15) is 0 Å². The molecule has 1 fully saturated rings. The molecule has 0 radical (unpaired) electrons. The van der Waals surface area contributed by atoms with Crippen LogP contribution in [-0.2, 0) is 9.53 Å². The average molecular weight is 157 g/mol. The largest absolute Gasteiger partial charge is 0.377 e. The summed E-state index contributed by atoms with van der Waals surface area (Å²) in [6.07, 6.45) is 1.27. The Balaban J connectivity index is 2.29. The van der Waals surface area contributed by atoms with Gasteiger partial charge in [0.05, 0.1) is 6.10 Å². The van der Waals surface area contributed by atoms with E-state index in [9.17, 15) is 4.79 Å². The van der Waals surface area contributed by atoms with Gasteiger partial charge in [0.1, 0.15) is 0 Å². The number of carbonyl (C=O) groups excluding carboxylic acids is 1. The van der Waals surface area contributed by atoms with Crippen molar-refractivity contribution in [2.45, 2.75) is 26.4 Å². The van der Waals surface area contributed by atoms with Crippen LogP contribution in [0.1, 0.15) is 20.3 Å². The van der Waals surface area contributed by atoms with Gasteiger partial charge in [-0.25, -0.2) is 0 Å². The van der Waals surface area contributed by atoms with Crippen LogP contribution < -0.4 is 0 Å². The van der Waals surface area contributed by atoms with Crippen LogP contribution in [0.15, 0.2) is 0 Å². The molecule has 3 nitrogen and oxygen atoms in total. The quantitative estimate of drug-likeness (QED) is 0.589. The summed E-state index contributed by atoms with van der Waals surface area (Å²) >= 11 is 0. The highest BCUT2D eigenvalue weighted by Gasteiger charge is 2.23. The summed E-state index contributed by atoms with van der Waals surface area (Å²) in [5, 5.41) is 0. The van der Waals surface area contributed by atoms with Gasteiger partial charge in [-0.15, -0.1) is 0 Å². The maximum atomic E-state index is 10.9. The fourth-order valence-electron chi connectivity index (χ4n) is 1.39. The van der Waals surface area contributed by atoms with E-state index in [1.165, 1.54) is 0 Å². The van der Waals surface area contributed by atoms with E-state index >= 15 is 0 Å². The maximum Gasteiger partial charge on any atom is 0.219 e. The molecular weight excluding hydrogens is 142 g/mol. The Labute approximate surface area is 67.3 Å². The van der Waals surface area contributed by atoms with Crippen molar-refractivity contribution < 1.29 is 9.53 Å². The second-order valence-corrected chi connectivity index (χ2v) is 2.83. The Bertz CT molecular complexity index is 147. The zero-order valence-corrected chi connectivity index (χ0v) is 7.17. The molecule has 0 bridgehead atoms. The Morgan fingerprint density at radius 2 is 2.45 bits per heavy atom. The van der Waals surface area contributed by atoms with E-state index in [0.717, 1.165) is 26.1 Å². The number of nitrogens with zero attached hydrogens (tertiary/aromatic N) is 1. The van der Waals surface area contributed by atoms with Gasteiger partial charge in [-0.3, -0.25) is 4.79 Å². The Morgan fingerprint density at radius 1 is 1.73 bits per heavy atom. The van der Waals surface area contributed by atoms with E-state index in [4.69, 9.17) is 4.74 Å². The molecule has 64 valence electrons. The maximum absolute atomic E-state index is 10.9. The third-order valence-corrected chi connectivity index (χ3v) is 1.99. The molecule has 1 heterocycles. The van der Waals surface area contributed by atoms with Gasteiger partial charge in [-0.05, 0) is 13.3 Å². The van der Waals surface area contributed by atoms with E-state index in [1.807, 2.05) is 11.8 Å². The van der Waals surface area contributed by atoms with E-state index in [1.54, 1.807) is 6.92 Å². The highest BCUT2D eigenvalue weighted by molar-refractivity contribution is 5.73. The molecule has 11 heavy (non-hydrogen) atoms. The molecule has 1 rings (SSSR count). The molecule has 1 saturated heterocycles. The lowest BCUT2D eigenvalue weighted by Crippen LogP contribution is -2.27. The van der Waals surface area contributed by atoms with Crippen molar-refractivity contribution in [3.8, 4) is 0 Å². The summed E-state index contributed by atoms with van der Waals surface area (Å²) in [5.41, 5.74) is 0. The lowest BCUT2D eigenvalue weighted by atomic mass is 10.3. The molecule has 0 saturated carbocycles. The summed E-state index contributed by atoms with van der Waals surface area (Å²) in [4.78, 5) is 12.7. The third-order valence-electron chi connectivity index (χ3n) is 1.99. The number of likely N-dealkylation sites (tertiary alicyclic amines) is 1. The van der Waals surface area contributed by atoms with Crippen molar-refractivity contribution in [3.63, 3.8) is 0 Å². The molecule has 0 aromatic rings. The standard InChI is InChI=1S/C8H15NO2/c1-3-11-8-4-5-9(6-8)7(2)10/h8H,3-6H2,1-2H3/t8-/m0/s1. The minimum absolute atomic E-state index is 0.159. The van der Waals surface area contributed by atoms with Gasteiger partial charge in [0.15, 0.2) is 0 Å². The molecule has 0 aromatic heterocycles. The molecule has 0 unspecified atom stereocenters. The summed E-state index contributed by atoms with van der Waals surface area (Å²) in [7, 11) is 0. The third kappa shape index (κ3) is 2.19. The van der Waals surface area contributed by atoms with Crippen LogP contribution in [0.25, 0.3) is 0 Å². The van der Waals surface area contributed by atoms with Crippen molar-refractivity contribution in [1.82, 2.24) is 4.90 Å². The lowest BCUT2D eigenvalue weighted by Gasteiger charge is -2.13. The van der Waals surface area contributed by atoms with Crippen LogP contribution in [0.4, 0.5) is 0 Å². The van der Waals surface area contributed by atoms with Crippen LogP contribution in [0.2, 0.25) is 0 Å². The molecule has 1 aliphatic rings. The first kappa shape index (κ1) is 8.53. The second-order valence-electron chi connectivity index (χ2n) is 2.83. The number of hydrogen-bond acceptors (Lipinski definition) is 2. The zero-order chi connectivity index (χ0) is 8.27. The monoisotopic (exact) mass is 157 g/mol. The highest BCUT2D eigenvalue weighted by Crippen LogP contribution is 2.11. The number of ether oxygens (including phenoxy) is 1. The van der Waals surface area contributed by atoms with E-state index in [-0.39, 0.29) is 12.0 Å². The summed E-state index contributed by atoms with van der Waals surface area (Å²) in [5.74, 6) is 0.159. The van der Waals surface area contributed by atoms with Crippen LogP contribution in [-0.4, -0.2) is 36.6 Å². The highest BCUT2D eigenvalue weighted by atomic mass is 16.5. The van der Waals surface area contributed by atoms with Crippen LogP contribution in [0, 0.1) is 0 Å². The predicted octanol–water partition coefficient (Wildman–Crippen LogP) is 0.644. The number of amides is 1. The Kier molecular flexibility index (Phi) is 2.88. The molecular formula is C8H15NO2. The fraction of sp³-hybridized carbons (Fsp3) is 0.875. The van der Waals surface area contributed by atoms with E-state index < -0.39 is 0 Å². The van der Waals surface area contributed by atoms with Gasteiger partial charge >= 0.3 is 0 Å². The minimum atomic E-state index is 0.159. The minimum Gasteiger partial charge on any atom is -0.377 e. The van der Waals surface area contributed by atoms with Gasteiger partial charge in [0.25, 0.3) is 0 Å². The number of rotatable bonds is 2. The van der Waals surface area contributed by atoms with E-state index in [2.05, 4.69) is 0 Å². The molecule has 0 aliphatic carbocycles. The summed E-state index contributed by atoms with van der Waals surface area (Å²) in [6.45, 7) is 5.98. The normalized spacial score (nSPS) is 24.2. The van der Waals surface area contributed by atoms with Crippen molar-refractivity contribution in [2.75, 3.05) is 19.7 Å². The molecule has 1 aliphatic heterocycles. The SMILES string of the molecule is CCO[C@H]1CCN(C(C)=O)C1. The van der Waals surface area contributed by atoms with Crippen LogP contribution in [0.3, 0.4) is 0 Å². The Hall–Kier alpha value is -0.570. The molecule has 0 aromatic carbocycles. The fourth-order valence-corrected chi connectivity index (χ4v) is 1.39.